The van der Waals surface area contributed by atoms with Gasteiger partial charge in [-0.15, -0.1) is 0 Å². The summed E-state index contributed by atoms with van der Waals surface area (Å²) in [4.78, 5) is 21.1. The zero-order valence-corrected chi connectivity index (χ0v) is 14.3. The van der Waals surface area contributed by atoms with E-state index in [2.05, 4.69) is 9.97 Å². The van der Waals surface area contributed by atoms with Crippen molar-refractivity contribution in [2.45, 2.75) is 11.8 Å². The lowest BCUT2D eigenvalue weighted by molar-refractivity contribution is -0.135. The fourth-order valence-electron chi connectivity index (χ4n) is 2.84. The Bertz CT molecular complexity index is 840. The van der Waals surface area contributed by atoms with Crippen LogP contribution in [0.2, 0.25) is 0 Å². The summed E-state index contributed by atoms with van der Waals surface area (Å²) in [6, 6.07) is 3.44. The van der Waals surface area contributed by atoms with Gasteiger partial charge in [0.2, 0.25) is 15.9 Å². The Morgan fingerprint density at radius 1 is 1.38 bits per heavy atom. The molecule has 3 rings (SSSR count). The molecule has 130 valence electrons. The van der Waals surface area contributed by atoms with Crippen LogP contribution in [-0.4, -0.2) is 66.2 Å². The van der Waals surface area contributed by atoms with Crippen molar-refractivity contribution in [3.05, 3.63) is 24.5 Å². The number of nitrogens with zero attached hydrogens (tertiary/aromatic N) is 3. The van der Waals surface area contributed by atoms with Crippen LogP contribution in [0.15, 0.2) is 29.4 Å². The van der Waals surface area contributed by atoms with E-state index in [1.165, 1.54) is 10.5 Å². The third kappa shape index (κ3) is 2.90. The maximum atomic E-state index is 12.9. The second kappa shape index (κ2) is 6.50. The lowest BCUT2D eigenvalue weighted by Gasteiger charge is -2.35. The summed E-state index contributed by atoms with van der Waals surface area (Å²) in [6.07, 6.45) is 3.08. The van der Waals surface area contributed by atoms with Gasteiger partial charge in [0, 0.05) is 56.4 Å². The van der Waals surface area contributed by atoms with Crippen molar-refractivity contribution >= 4 is 27.0 Å². The van der Waals surface area contributed by atoms with Crippen LogP contribution in [0.25, 0.3) is 11.0 Å². The molecule has 0 bridgehead atoms. The summed E-state index contributed by atoms with van der Waals surface area (Å²) in [6.45, 7) is 3.38. The van der Waals surface area contributed by atoms with Crippen LogP contribution >= 0.6 is 0 Å². The van der Waals surface area contributed by atoms with Crippen molar-refractivity contribution in [2.75, 3.05) is 32.7 Å². The smallest absolute Gasteiger partial charge is 0.245 e. The van der Waals surface area contributed by atoms with E-state index in [9.17, 15) is 13.2 Å². The van der Waals surface area contributed by atoms with Crippen LogP contribution in [0.4, 0.5) is 0 Å². The average Bonchev–Trinajstić information content (AvgIpc) is 3.05. The predicted octanol–water partition coefficient (Wildman–Crippen LogP) is -0.00940. The van der Waals surface area contributed by atoms with E-state index in [0.29, 0.717) is 30.7 Å². The standard InChI is InChI=1S/C15H21N5O3S/c1-11(9-16)15(21)19-5-7-20(8-6-19)24(22,23)13-10-18-14-12(13)3-2-4-17-14/h2-4,10-11H,5-9,16H2,1H3,(H,17,18). The number of aromatic nitrogens is 2. The molecule has 1 aliphatic heterocycles. The van der Waals surface area contributed by atoms with E-state index in [-0.39, 0.29) is 29.8 Å². The molecule has 1 aliphatic rings. The SMILES string of the molecule is CC(CN)C(=O)N1CCN(S(=O)(=O)c2c[nH]c3ncccc23)CC1. The highest BCUT2D eigenvalue weighted by Gasteiger charge is 2.32. The zero-order chi connectivity index (χ0) is 17.3. The fourth-order valence-corrected chi connectivity index (χ4v) is 4.42. The molecule has 1 amide bonds. The highest BCUT2D eigenvalue weighted by atomic mass is 32.2. The Labute approximate surface area is 140 Å². The van der Waals surface area contributed by atoms with Crippen molar-refractivity contribution in [3.8, 4) is 0 Å². The summed E-state index contributed by atoms with van der Waals surface area (Å²) < 4.78 is 27.2. The summed E-state index contributed by atoms with van der Waals surface area (Å²) in [5, 5.41) is 0.577. The number of amides is 1. The minimum atomic E-state index is -3.62. The van der Waals surface area contributed by atoms with Gasteiger partial charge in [-0.25, -0.2) is 13.4 Å². The lowest BCUT2D eigenvalue weighted by Crippen LogP contribution is -2.52. The molecule has 1 unspecified atom stereocenters. The van der Waals surface area contributed by atoms with Gasteiger partial charge in [0.05, 0.1) is 0 Å². The Hall–Kier alpha value is -1.97. The highest BCUT2D eigenvalue weighted by molar-refractivity contribution is 7.89. The van der Waals surface area contributed by atoms with Gasteiger partial charge in [-0.2, -0.15) is 4.31 Å². The van der Waals surface area contributed by atoms with Crippen molar-refractivity contribution in [2.24, 2.45) is 11.7 Å². The molecule has 9 heteroatoms. The van der Waals surface area contributed by atoms with Gasteiger partial charge >= 0.3 is 0 Å². The molecule has 8 nitrogen and oxygen atoms in total. The van der Waals surface area contributed by atoms with Gasteiger partial charge in [0.1, 0.15) is 10.5 Å². The van der Waals surface area contributed by atoms with Gasteiger partial charge in [-0.05, 0) is 12.1 Å². The maximum Gasteiger partial charge on any atom is 0.245 e. The van der Waals surface area contributed by atoms with Crippen LogP contribution in [0.1, 0.15) is 6.92 Å². The number of rotatable bonds is 4. The molecule has 24 heavy (non-hydrogen) atoms. The van der Waals surface area contributed by atoms with Gasteiger partial charge < -0.3 is 15.6 Å². The van der Waals surface area contributed by atoms with Gasteiger partial charge in [-0.1, -0.05) is 6.92 Å². The van der Waals surface area contributed by atoms with Gasteiger partial charge in [0.15, 0.2) is 0 Å². The number of carbonyl (C=O) groups is 1. The fraction of sp³-hybridized carbons (Fsp3) is 0.467. The summed E-state index contributed by atoms with van der Waals surface area (Å²) in [5.74, 6) is -0.265. The van der Waals surface area contributed by atoms with Crippen molar-refractivity contribution < 1.29 is 13.2 Å². The highest BCUT2D eigenvalue weighted by Crippen LogP contribution is 2.25. The van der Waals surface area contributed by atoms with Crippen LogP contribution in [0.3, 0.4) is 0 Å². The van der Waals surface area contributed by atoms with E-state index >= 15 is 0 Å². The maximum absolute atomic E-state index is 12.9. The number of nitrogens with two attached hydrogens (primary N) is 1. The number of hydrogen-bond acceptors (Lipinski definition) is 5. The predicted molar refractivity (Wildman–Crippen MR) is 89.7 cm³/mol. The minimum Gasteiger partial charge on any atom is -0.345 e. The number of nitrogens with one attached hydrogen (secondary N) is 1. The van der Waals surface area contributed by atoms with E-state index < -0.39 is 10.0 Å². The van der Waals surface area contributed by atoms with Crippen molar-refractivity contribution in [1.82, 2.24) is 19.2 Å². The molecule has 0 aliphatic carbocycles. The minimum absolute atomic E-state index is 0.0224. The summed E-state index contributed by atoms with van der Waals surface area (Å²) >= 11 is 0. The molecule has 0 radical (unpaired) electrons. The summed E-state index contributed by atoms with van der Waals surface area (Å²) in [5.41, 5.74) is 6.07. The van der Waals surface area contributed by atoms with Gasteiger partial charge in [0.25, 0.3) is 0 Å². The Morgan fingerprint density at radius 3 is 2.75 bits per heavy atom. The first-order valence-corrected chi connectivity index (χ1v) is 9.30. The molecule has 2 aromatic rings. The second-order valence-electron chi connectivity index (χ2n) is 5.92. The normalized spacial score (nSPS) is 18.0. The third-order valence-electron chi connectivity index (χ3n) is 4.36. The van der Waals surface area contributed by atoms with Gasteiger partial charge in [-0.3, -0.25) is 4.79 Å². The zero-order valence-electron chi connectivity index (χ0n) is 13.5. The number of piperazine rings is 1. The molecular weight excluding hydrogens is 330 g/mol. The molecule has 1 fully saturated rings. The number of H-pyrrole nitrogens is 1. The second-order valence-corrected chi connectivity index (χ2v) is 7.82. The quantitative estimate of drug-likeness (QED) is 0.804. The Morgan fingerprint density at radius 2 is 2.08 bits per heavy atom. The molecule has 3 heterocycles. The molecule has 1 saturated heterocycles. The molecule has 0 spiro atoms. The van der Waals surface area contributed by atoms with Crippen molar-refractivity contribution in [1.29, 1.82) is 0 Å². The number of carbonyl (C=O) groups excluding carboxylic acids is 1. The Kier molecular flexibility index (Phi) is 4.57. The van der Waals surface area contributed by atoms with E-state index in [4.69, 9.17) is 5.73 Å². The number of aromatic amines is 1. The lowest BCUT2D eigenvalue weighted by atomic mass is 10.1. The van der Waals surface area contributed by atoms with E-state index in [1.54, 1.807) is 30.2 Å². The molecule has 2 aromatic heterocycles. The number of pyridine rings is 1. The Balaban J connectivity index is 1.77. The molecule has 0 saturated carbocycles. The van der Waals surface area contributed by atoms with Crippen LogP contribution in [0.5, 0.6) is 0 Å². The third-order valence-corrected chi connectivity index (χ3v) is 6.29. The molecule has 0 aromatic carbocycles. The first kappa shape index (κ1) is 16.9. The van der Waals surface area contributed by atoms with E-state index in [0.717, 1.165) is 0 Å². The largest absolute Gasteiger partial charge is 0.345 e. The number of hydrogen-bond donors (Lipinski definition) is 2. The summed E-state index contributed by atoms with van der Waals surface area (Å²) in [7, 11) is -3.62. The monoisotopic (exact) mass is 351 g/mol. The first-order valence-electron chi connectivity index (χ1n) is 7.86. The first-order chi connectivity index (χ1) is 11.4. The van der Waals surface area contributed by atoms with E-state index in [1.807, 2.05) is 0 Å². The van der Waals surface area contributed by atoms with Crippen LogP contribution in [-0.2, 0) is 14.8 Å². The van der Waals surface area contributed by atoms with Crippen LogP contribution in [0, 0.1) is 5.92 Å². The van der Waals surface area contributed by atoms with Crippen molar-refractivity contribution in [3.63, 3.8) is 0 Å². The van der Waals surface area contributed by atoms with Crippen LogP contribution < -0.4 is 5.73 Å². The number of fused-ring (bicyclic) bond motifs is 1. The molecule has 1 atom stereocenters. The number of sulfonamides is 1. The molecular formula is C15H21N5O3S. The average molecular weight is 351 g/mol. The topological polar surface area (TPSA) is 112 Å². The molecule has 3 N–H and O–H groups in total.